The summed E-state index contributed by atoms with van der Waals surface area (Å²) < 4.78 is 26.6. The first-order valence-electron chi connectivity index (χ1n) is 7.93. The predicted octanol–water partition coefficient (Wildman–Crippen LogP) is 1.95. The molecule has 21 heavy (non-hydrogen) atoms. The second-order valence-electron chi connectivity index (χ2n) is 6.15. The van der Waals surface area contributed by atoms with E-state index in [0.29, 0.717) is 18.2 Å². The lowest BCUT2D eigenvalue weighted by atomic mass is 10.0. The van der Waals surface area contributed by atoms with Gasteiger partial charge in [0, 0.05) is 24.7 Å². The van der Waals surface area contributed by atoms with E-state index in [1.54, 1.807) is 0 Å². The molecule has 2 unspecified atom stereocenters. The molecule has 0 radical (unpaired) electrons. The molecule has 0 saturated carbocycles. The first kappa shape index (κ1) is 16.5. The van der Waals surface area contributed by atoms with Crippen molar-refractivity contribution >= 4 is 9.84 Å². The summed E-state index contributed by atoms with van der Waals surface area (Å²) in [5.41, 5.74) is 0.968. The fourth-order valence-corrected chi connectivity index (χ4v) is 5.16. The maximum absolute atomic E-state index is 12.3. The van der Waals surface area contributed by atoms with Crippen LogP contribution in [0.2, 0.25) is 0 Å². The molecule has 0 spiro atoms. The largest absolute Gasteiger partial charge is 0.313 e. The van der Waals surface area contributed by atoms with Crippen LogP contribution in [0.4, 0.5) is 0 Å². The Morgan fingerprint density at radius 3 is 2.76 bits per heavy atom. The van der Waals surface area contributed by atoms with Crippen LogP contribution in [0.3, 0.4) is 0 Å². The lowest BCUT2D eigenvalue weighted by molar-refractivity contribution is 0.434. The molecule has 0 bridgehead atoms. The van der Waals surface area contributed by atoms with Crippen LogP contribution in [-0.2, 0) is 16.3 Å². The van der Waals surface area contributed by atoms with Crippen LogP contribution in [-0.4, -0.2) is 41.8 Å². The lowest BCUT2D eigenvalue weighted by Crippen LogP contribution is -2.48. The van der Waals surface area contributed by atoms with Crippen LogP contribution in [0.1, 0.15) is 51.8 Å². The summed E-state index contributed by atoms with van der Waals surface area (Å²) in [7, 11) is -2.97. The third-order valence-electron chi connectivity index (χ3n) is 4.17. The Bertz CT molecular complexity index is 551. The van der Waals surface area contributed by atoms with Gasteiger partial charge in [0.05, 0.1) is 16.7 Å². The molecule has 5 nitrogen and oxygen atoms in total. The van der Waals surface area contributed by atoms with Crippen molar-refractivity contribution in [3.8, 4) is 0 Å². The van der Waals surface area contributed by atoms with Gasteiger partial charge in [0.1, 0.15) is 0 Å². The van der Waals surface area contributed by atoms with Crippen molar-refractivity contribution in [3.05, 3.63) is 18.0 Å². The Labute approximate surface area is 128 Å². The van der Waals surface area contributed by atoms with Crippen molar-refractivity contribution in [2.24, 2.45) is 0 Å². The van der Waals surface area contributed by atoms with E-state index >= 15 is 0 Å². The van der Waals surface area contributed by atoms with Gasteiger partial charge in [-0.1, -0.05) is 13.3 Å². The van der Waals surface area contributed by atoms with Gasteiger partial charge in [0.25, 0.3) is 0 Å². The van der Waals surface area contributed by atoms with Crippen LogP contribution in [0, 0.1) is 0 Å². The van der Waals surface area contributed by atoms with Gasteiger partial charge in [0.15, 0.2) is 9.84 Å². The number of nitrogens with one attached hydrogen (secondary N) is 1. The number of sulfone groups is 1. The molecule has 0 amide bonds. The number of hydrogen-bond donors (Lipinski definition) is 1. The monoisotopic (exact) mass is 313 g/mol. The van der Waals surface area contributed by atoms with E-state index in [1.807, 2.05) is 23.9 Å². The van der Waals surface area contributed by atoms with E-state index in [1.165, 1.54) is 0 Å². The zero-order chi connectivity index (χ0) is 15.5. The van der Waals surface area contributed by atoms with E-state index < -0.39 is 9.84 Å². The molecule has 2 rings (SSSR count). The van der Waals surface area contributed by atoms with Crippen molar-refractivity contribution in [2.45, 2.75) is 63.8 Å². The van der Waals surface area contributed by atoms with E-state index in [-0.39, 0.29) is 11.3 Å². The number of rotatable bonds is 6. The molecule has 1 aliphatic rings. The third kappa shape index (κ3) is 4.07. The lowest BCUT2D eigenvalue weighted by Gasteiger charge is -2.30. The zero-order valence-electron chi connectivity index (χ0n) is 13.2. The van der Waals surface area contributed by atoms with Crippen molar-refractivity contribution < 1.29 is 8.42 Å². The Hall–Kier alpha value is -0.880. The Morgan fingerprint density at radius 1 is 1.43 bits per heavy atom. The minimum Gasteiger partial charge on any atom is -0.313 e. The van der Waals surface area contributed by atoms with E-state index in [0.717, 1.165) is 31.5 Å². The van der Waals surface area contributed by atoms with Crippen molar-refractivity contribution in [3.63, 3.8) is 0 Å². The summed E-state index contributed by atoms with van der Waals surface area (Å²) in [5, 5.41) is 7.65. The number of aromatic nitrogens is 2. The standard InChI is InChI=1S/C15H27N3O2S/c1-4-16-14(15-7-5-6-10-21(15,19)20)11-13-8-9-18(17-13)12(2)3/h8-9,12,14-16H,4-7,10-11H2,1-3H3. The van der Waals surface area contributed by atoms with Crippen LogP contribution >= 0.6 is 0 Å². The highest BCUT2D eigenvalue weighted by Crippen LogP contribution is 2.24. The van der Waals surface area contributed by atoms with Gasteiger partial charge in [-0.05, 0) is 39.3 Å². The number of nitrogens with zero attached hydrogens (tertiary/aromatic N) is 2. The van der Waals surface area contributed by atoms with Crippen LogP contribution in [0.25, 0.3) is 0 Å². The molecule has 1 aromatic rings. The summed E-state index contributed by atoms with van der Waals surface area (Å²) in [6.07, 6.45) is 5.23. The highest BCUT2D eigenvalue weighted by atomic mass is 32.2. The quantitative estimate of drug-likeness (QED) is 0.872. The van der Waals surface area contributed by atoms with Crippen LogP contribution in [0.15, 0.2) is 12.3 Å². The first-order valence-corrected chi connectivity index (χ1v) is 9.64. The summed E-state index contributed by atoms with van der Waals surface area (Å²) in [5.74, 6) is 0.333. The molecule has 6 heteroatoms. The minimum absolute atomic E-state index is 0.0317. The fourth-order valence-electron chi connectivity index (χ4n) is 3.03. The average molecular weight is 313 g/mol. The molecule has 0 aromatic carbocycles. The van der Waals surface area contributed by atoms with Gasteiger partial charge in [0.2, 0.25) is 0 Å². The summed E-state index contributed by atoms with van der Waals surface area (Å²) in [6, 6.07) is 2.30. The van der Waals surface area contributed by atoms with E-state index in [4.69, 9.17) is 0 Å². The molecule has 120 valence electrons. The molecule has 1 aliphatic heterocycles. The minimum atomic E-state index is -2.97. The molecule has 1 N–H and O–H groups in total. The maximum Gasteiger partial charge on any atom is 0.154 e. The van der Waals surface area contributed by atoms with E-state index in [9.17, 15) is 8.42 Å². The molecule has 0 aliphatic carbocycles. The van der Waals surface area contributed by atoms with Gasteiger partial charge in [-0.3, -0.25) is 4.68 Å². The zero-order valence-corrected chi connectivity index (χ0v) is 14.1. The summed E-state index contributed by atoms with van der Waals surface area (Å²) in [4.78, 5) is 0. The number of hydrogen-bond acceptors (Lipinski definition) is 4. The van der Waals surface area contributed by atoms with Gasteiger partial charge >= 0.3 is 0 Å². The SMILES string of the molecule is CCNC(Cc1ccn(C(C)C)n1)C1CCCCS1(=O)=O. The Morgan fingerprint density at radius 2 is 2.19 bits per heavy atom. The molecule has 2 heterocycles. The first-order chi connectivity index (χ1) is 9.94. The topological polar surface area (TPSA) is 64.0 Å². The summed E-state index contributed by atoms with van der Waals surface area (Å²) in [6.45, 7) is 6.98. The fraction of sp³-hybridized carbons (Fsp3) is 0.800. The third-order valence-corrected chi connectivity index (χ3v) is 6.51. The Balaban J connectivity index is 2.14. The van der Waals surface area contributed by atoms with Gasteiger partial charge in [-0.2, -0.15) is 5.10 Å². The molecular formula is C15H27N3O2S. The summed E-state index contributed by atoms with van der Waals surface area (Å²) >= 11 is 0. The van der Waals surface area contributed by atoms with Crippen LogP contribution in [0.5, 0.6) is 0 Å². The molecule has 1 fully saturated rings. The predicted molar refractivity (Wildman–Crippen MR) is 85.2 cm³/mol. The van der Waals surface area contributed by atoms with Crippen molar-refractivity contribution in [2.75, 3.05) is 12.3 Å². The van der Waals surface area contributed by atoms with Crippen molar-refractivity contribution in [1.29, 1.82) is 0 Å². The highest BCUT2D eigenvalue weighted by Gasteiger charge is 2.35. The van der Waals surface area contributed by atoms with E-state index in [2.05, 4.69) is 24.3 Å². The molecule has 2 atom stereocenters. The van der Waals surface area contributed by atoms with Crippen molar-refractivity contribution in [1.82, 2.24) is 15.1 Å². The normalized spacial score (nSPS) is 23.3. The maximum atomic E-state index is 12.3. The highest BCUT2D eigenvalue weighted by molar-refractivity contribution is 7.92. The van der Waals surface area contributed by atoms with Gasteiger partial charge < -0.3 is 5.32 Å². The molecular weight excluding hydrogens is 286 g/mol. The van der Waals surface area contributed by atoms with Gasteiger partial charge in [-0.15, -0.1) is 0 Å². The molecule has 1 aromatic heterocycles. The molecule has 1 saturated heterocycles. The second-order valence-corrected chi connectivity index (χ2v) is 8.49. The Kier molecular flexibility index (Phi) is 5.43. The van der Waals surface area contributed by atoms with Gasteiger partial charge in [-0.25, -0.2) is 8.42 Å². The smallest absolute Gasteiger partial charge is 0.154 e. The number of likely N-dealkylation sites (N-methyl/N-ethyl adjacent to an activating group) is 1. The second kappa shape index (κ2) is 6.92. The van der Waals surface area contributed by atoms with Crippen LogP contribution < -0.4 is 5.32 Å². The average Bonchev–Trinajstić information content (AvgIpc) is 2.86.